The minimum Gasteiger partial charge on any atom is -0.397 e. The van der Waals surface area contributed by atoms with E-state index in [0.717, 1.165) is 6.20 Å². The lowest BCUT2D eigenvalue weighted by Gasteiger charge is -2.06. The molecule has 0 saturated carbocycles. The molecule has 1 heterocycles. The number of hydrogen-bond donors (Lipinski definition) is 1. The minimum absolute atomic E-state index is 0.0142. The van der Waals surface area contributed by atoms with Crippen molar-refractivity contribution in [2.45, 2.75) is 13.3 Å². The number of anilines is 1. The van der Waals surface area contributed by atoms with Gasteiger partial charge in [-0.15, -0.1) is 0 Å². The third-order valence-corrected chi connectivity index (χ3v) is 1.56. The third kappa shape index (κ3) is 1.34. The fraction of sp³-hybridized carbons (Fsp3) is 0.286. The molecule has 0 fully saturated rings. The minimum atomic E-state index is -2.76. The fourth-order valence-electron chi connectivity index (χ4n) is 0.787. The van der Waals surface area contributed by atoms with E-state index >= 15 is 0 Å². The molecule has 2 nitrogen and oxygen atoms in total. The van der Waals surface area contributed by atoms with E-state index in [1.807, 2.05) is 0 Å². The quantitative estimate of drug-likeness (QED) is 0.711. The second kappa shape index (κ2) is 3.00. The third-order valence-electron chi connectivity index (χ3n) is 1.56. The van der Waals surface area contributed by atoms with E-state index < -0.39 is 17.9 Å². The van der Waals surface area contributed by atoms with E-state index in [0.29, 0.717) is 0 Å². The molecule has 0 aliphatic rings. The highest BCUT2D eigenvalue weighted by molar-refractivity contribution is 5.50. The second-order valence-corrected chi connectivity index (χ2v) is 2.33. The van der Waals surface area contributed by atoms with E-state index in [9.17, 15) is 13.2 Å². The van der Waals surface area contributed by atoms with E-state index in [4.69, 9.17) is 5.73 Å². The van der Waals surface area contributed by atoms with Gasteiger partial charge in [-0.25, -0.2) is 13.2 Å². The summed E-state index contributed by atoms with van der Waals surface area (Å²) in [5.74, 6) is -0.670. The lowest BCUT2D eigenvalue weighted by atomic mass is 10.2. The van der Waals surface area contributed by atoms with Crippen LogP contribution in [0.3, 0.4) is 0 Å². The topological polar surface area (TPSA) is 38.9 Å². The number of alkyl halides is 2. The molecule has 2 N–H and O–H groups in total. The Hall–Kier alpha value is -1.26. The van der Waals surface area contributed by atoms with Crippen LogP contribution in [0.4, 0.5) is 18.9 Å². The molecule has 5 heteroatoms. The van der Waals surface area contributed by atoms with Gasteiger partial charge in [-0.1, -0.05) is 0 Å². The van der Waals surface area contributed by atoms with Crippen molar-refractivity contribution in [2.24, 2.45) is 0 Å². The first kappa shape index (κ1) is 8.83. The summed E-state index contributed by atoms with van der Waals surface area (Å²) >= 11 is 0. The van der Waals surface area contributed by atoms with Crippen molar-refractivity contribution in [1.82, 2.24) is 4.98 Å². The SMILES string of the molecule is Cc1c(F)cnc(C(F)F)c1N. The van der Waals surface area contributed by atoms with Gasteiger partial charge in [0.15, 0.2) is 0 Å². The van der Waals surface area contributed by atoms with Gasteiger partial charge < -0.3 is 5.73 Å². The molecule has 0 aliphatic carbocycles. The maximum atomic E-state index is 12.6. The van der Waals surface area contributed by atoms with E-state index in [-0.39, 0.29) is 11.3 Å². The summed E-state index contributed by atoms with van der Waals surface area (Å²) in [6.07, 6.45) is -2.02. The summed E-state index contributed by atoms with van der Waals surface area (Å²) in [5.41, 5.74) is 4.38. The van der Waals surface area contributed by atoms with Gasteiger partial charge >= 0.3 is 0 Å². The van der Waals surface area contributed by atoms with Gasteiger partial charge in [0.1, 0.15) is 11.5 Å². The van der Waals surface area contributed by atoms with Gasteiger partial charge in [0, 0.05) is 5.56 Å². The normalized spacial score (nSPS) is 10.8. The maximum Gasteiger partial charge on any atom is 0.282 e. The molecule has 0 bridgehead atoms. The van der Waals surface area contributed by atoms with Crippen molar-refractivity contribution < 1.29 is 13.2 Å². The Balaban J connectivity index is 3.27. The van der Waals surface area contributed by atoms with Crippen LogP contribution >= 0.6 is 0 Å². The molecular weight excluding hydrogens is 169 g/mol. The van der Waals surface area contributed by atoms with Crippen LogP contribution < -0.4 is 5.73 Å². The summed E-state index contributed by atoms with van der Waals surface area (Å²) in [4.78, 5) is 3.19. The zero-order chi connectivity index (χ0) is 9.30. The Morgan fingerprint density at radius 2 is 2.08 bits per heavy atom. The Kier molecular flexibility index (Phi) is 2.21. The van der Waals surface area contributed by atoms with Crippen LogP contribution in [0.2, 0.25) is 0 Å². The van der Waals surface area contributed by atoms with Gasteiger partial charge in [0.05, 0.1) is 11.9 Å². The monoisotopic (exact) mass is 176 g/mol. The number of nitrogens with two attached hydrogens (primary N) is 1. The van der Waals surface area contributed by atoms with Gasteiger partial charge in [-0.05, 0) is 6.92 Å². The largest absolute Gasteiger partial charge is 0.397 e. The van der Waals surface area contributed by atoms with Crippen molar-refractivity contribution in [3.05, 3.63) is 23.3 Å². The van der Waals surface area contributed by atoms with E-state index in [1.54, 1.807) is 0 Å². The van der Waals surface area contributed by atoms with E-state index in [1.165, 1.54) is 6.92 Å². The van der Waals surface area contributed by atoms with Crippen molar-refractivity contribution in [2.75, 3.05) is 5.73 Å². The highest BCUT2D eigenvalue weighted by atomic mass is 19.3. The Labute approximate surface area is 67.2 Å². The van der Waals surface area contributed by atoms with Crippen molar-refractivity contribution in [1.29, 1.82) is 0 Å². The first-order valence-corrected chi connectivity index (χ1v) is 3.22. The van der Waals surface area contributed by atoms with Crippen LogP contribution in [-0.4, -0.2) is 4.98 Å². The average Bonchev–Trinajstić information content (AvgIpc) is 2.00. The summed E-state index contributed by atoms with van der Waals surface area (Å²) in [6, 6.07) is 0. The summed E-state index contributed by atoms with van der Waals surface area (Å²) in [7, 11) is 0. The predicted molar refractivity (Wildman–Crippen MR) is 38.3 cm³/mol. The Morgan fingerprint density at radius 1 is 1.50 bits per heavy atom. The molecule has 0 aliphatic heterocycles. The van der Waals surface area contributed by atoms with Crippen LogP contribution in [0.15, 0.2) is 6.20 Å². The number of nitrogens with zero attached hydrogens (tertiary/aromatic N) is 1. The summed E-state index contributed by atoms with van der Waals surface area (Å²) in [5, 5.41) is 0. The van der Waals surface area contributed by atoms with Crippen LogP contribution in [0.25, 0.3) is 0 Å². The van der Waals surface area contributed by atoms with Gasteiger partial charge in [0.25, 0.3) is 6.43 Å². The zero-order valence-electron chi connectivity index (χ0n) is 6.31. The zero-order valence-corrected chi connectivity index (χ0v) is 6.31. The molecule has 0 radical (unpaired) electrons. The smallest absolute Gasteiger partial charge is 0.282 e. The highest BCUT2D eigenvalue weighted by Crippen LogP contribution is 2.25. The fourth-order valence-corrected chi connectivity index (χ4v) is 0.787. The van der Waals surface area contributed by atoms with Crippen molar-refractivity contribution in [3.63, 3.8) is 0 Å². The lowest BCUT2D eigenvalue weighted by Crippen LogP contribution is -2.02. The standard InChI is InChI=1S/C7H7F3N2/c1-3-4(8)2-12-6(5(3)11)7(9)10/h2,7H,11H2,1H3. The molecule has 0 aromatic carbocycles. The summed E-state index contributed by atoms with van der Waals surface area (Å²) < 4.78 is 36.8. The van der Waals surface area contributed by atoms with Crippen molar-refractivity contribution >= 4 is 5.69 Å². The molecule has 12 heavy (non-hydrogen) atoms. The number of aromatic nitrogens is 1. The molecule has 0 spiro atoms. The van der Waals surface area contributed by atoms with Gasteiger partial charge in [-0.3, -0.25) is 4.98 Å². The maximum absolute atomic E-state index is 12.6. The molecule has 66 valence electrons. The van der Waals surface area contributed by atoms with E-state index in [2.05, 4.69) is 4.98 Å². The molecular formula is C7H7F3N2. The van der Waals surface area contributed by atoms with Gasteiger partial charge in [-0.2, -0.15) is 0 Å². The van der Waals surface area contributed by atoms with Crippen LogP contribution in [0.5, 0.6) is 0 Å². The summed E-state index contributed by atoms with van der Waals surface area (Å²) in [6.45, 7) is 1.33. The first-order chi connectivity index (χ1) is 5.54. The number of nitrogen functional groups attached to an aromatic ring is 1. The van der Waals surface area contributed by atoms with Crippen LogP contribution in [-0.2, 0) is 0 Å². The van der Waals surface area contributed by atoms with Crippen LogP contribution in [0, 0.1) is 12.7 Å². The van der Waals surface area contributed by atoms with Crippen LogP contribution in [0.1, 0.15) is 17.7 Å². The lowest BCUT2D eigenvalue weighted by molar-refractivity contribution is 0.147. The molecule has 1 rings (SSSR count). The molecule has 0 amide bonds. The Morgan fingerprint density at radius 3 is 2.58 bits per heavy atom. The second-order valence-electron chi connectivity index (χ2n) is 2.33. The molecule has 0 saturated heterocycles. The molecule has 0 atom stereocenters. The number of halogens is 3. The molecule has 1 aromatic heterocycles. The number of rotatable bonds is 1. The highest BCUT2D eigenvalue weighted by Gasteiger charge is 2.16. The van der Waals surface area contributed by atoms with Gasteiger partial charge in [0.2, 0.25) is 0 Å². The number of hydrogen-bond acceptors (Lipinski definition) is 2. The van der Waals surface area contributed by atoms with Crippen molar-refractivity contribution in [3.8, 4) is 0 Å². The first-order valence-electron chi connectivity index (χ1n) is 3.22. The average molecular weight is 176 g/mol. The molecule has 1 aromatic rings. The predicted octanol–water partition coefficient (Wildman–Crippen LogP) is 2.05. The Bertz CT molecular complexity index is 299. The number of pyridine rings is 1. The molecule has 0 unspecified atom stereocenters.